The van der Waals surface area contributed by atoms with Crippen molar-refractivity contribution in [2.45, 2.75) is 44.9 Å². The summed E-state index contributed by atoms with van der Waals surface area (Å²) in [4.78, 5) is 27.7. The highest BCUT2D eigenvalue weighted by atomic mass is 16.6. The molecule has 150 valence electrons. The van der Waals surface area contributed by atoms with Crippen molar-refractivity contribution in [3.63, 3.8) is 0 Å². The number of nitrogens with one attached hydrogen (secondary N) is 2. The summed E-state index contributed by atoms with van der Waals surface area (Å²) < 4.78 is 11.4. The predicted molar refractivity (Wildman–Crippen MR) is 103 cm³/mol. The quantitative estimate of drug-likeness (QED) is 0.733. The zero-order valence-corrected chi connectivity index (χ0v) is 16.1. The Hall–Kier alpha value is -3.03. The number of aliphatic carboxylic acids is 1. The Labute approximate surface area is 163 Å². The first-order valence-corrected chi connectivity index (χ1v) is 9.18. The number of nitrogens with zero attached hydrogens (tertiary/aromatic N) is 1. The van der Waals surface area contributed by atoms with Crippen molar-refractivity contribution < 1.29 is 24.2 Å². The minimum atomic E-state index is -0.923. The van der Waals surface area contributed by atoms with Crippen molar-refractivity contribution in [1.82, 2.24) is 10.6 Å². The van der Waals surface area contributed by atoms with Gasteiger partial charge < -0.3 is 25.2 Å². The van der Waals surface area contributed by atoms with E-state index in [2.05, 4.69) is 15.6 Å². The van der Waals surface area contributed by atoms with Crippen molar-refractivity contribution in [2.24, 2.45) is 10.9 Å². The number of amides is 1. The molecule has 2 aliphatic rings. The molecule has 0 saturated carbocycles. The van der Waals surface area contributed by atoms with E-state index in [0.717, 1.165) is 5.56 Å². The number of aliphatic imine (C=N–C) groups is 1. The number of carboxylic acid groups (broad SMARTS) is 1. The number of hydrogen-bond acceptors (Lipinski definition) is 6. The lowest BCUT2D eigenvalue weighted by Gasteiger charge is -2.35. The van der Waals surface area contributed by atoms with Gasteiger partial charge in [-0.1, -0.05) is 30.3 Å². The van der Waals surface area contributed by atoms with E-state index in [4.69, 9.17) is 14.6 Å². The van der Waals surface area contributed by atoms with Crippen molar-refractivity contribution in [2.75, 3.05) is 6.54 Å². The maximum Gasteiger partial charge on any atom is 0.408 e. The van der Waals surface area contributed by atoms with Crippen LogP contribution in [0.25, 0.3) is 0 Å². The number of carbonyl (C=O) groups excluding carboxylic acids is 1. The molecule has 0 saturated heterocycles. The summed E-state index contributed by atoms with van der Waals surface area (Å²) >= 11 is 0. The smallest absolute Gasteiger partial charge is 0.408 e. The van der Waals surface area contributed by atoms with Crippen LogP contribution in [0.2, 0.25) is 0 Å². The minimum Gasteiger partial charge on any atom is -0.481 e. The molecule has 1 unspecified atom stereocenters. The van der Waals surface area contributed by atoms with Gasteiger partial charge in [0.1, 0.15) is 11.7 Å². The molecule has 0 bridgehead atoms. The van der Waals surface area contributed by atoms with Crippen molar-refractivity contribution in [3.05, 3.63) is 47.5 Å². The summed E-state index contributed by atoms with van der Waals surface area (Å²) in [5.41, 5.74) is 0.911. The second kappa shape index (κ2) is 7.92. The van der Waals surface area contributed by atoms with Crippen molar-refractivity contribution >= 4 is 18.3 Å². The molecule has 1 amide bonds. The van der Waals surface area contributed by atoms with Gasteiger partial charge >= 0.3 is 12.1 Å². The van der Waals surface area contributed by atoms with Gasteiger partial charge in [0.2, 0.25) is 5.88 Å². The molecule has 3 rings (SSSR count). The first-order valence-electron chi connectivity index (χ1n) is 9.18. The Morgan fingerprint density at radius 2 is 2.04 bits per heavy atom. The van der Waals surface area contributed by atoms with Gasteiger partial charge in [-0.25, -0.2) is 9.79 Å². The molecule has 0 radical (unpaired) electrons. The van der Waals surface area contributed by atoms with Gasteiger partial charge in [0, 0.05) is 12.6 Å². The Kier molecular flexibility index (Phi) is 5.58. The first kappa shape index (κ1) is 19.7. The van der Waals surface area contributed by atoms with Crippen LogP contribution in [-0.4, -0.2) is 41.6 Å². The van der Waals surface area contributed by atoms with Crippen LogP contribution in [0.15, 0.2) is 46.9 Å². The summed E-state index contributed by atoms with van der Waals surface area (Å²) in [6.45, 7) is 5.80. The molecular weight excluding hydrogens is 362 g/mol. The lowest BCUT2D eigenvalue weighted by molar-refractivity contribution is -0.139. The van der Waals surface area contributed by atoms with Gasteiger partial charge in [-0.3, -0.25) is 4.79 Å². The van der Waals surface area contributed by atoms with Gasteiger partial charge in [-0.05, 0) is 26.3 Å². The highest BCUT2D eigenvalue weighted by molar-refractivity contribution is 5.89. The van der Waals surface area contributed by atoms with E-state index in [9.17, 15) is 9.59 Å². The second-order valence-electron chi connectivity index (χ2n) is 7.78. The molecule has 0 spiro atoms. The molecule has 3 atom stereocenters. The van der Waals surface area contributed by atoms with Crippen molar-refractivity contribution in [3.8, 4) is 0 Å². The Bertz CT molecular complexity index is 798. The van der Waals surface area contributed by atoms with Crippen LogP contribution in [-0.2, 0) is 14.3 Å². The Morgan fingerprint density at radius 3 is 2.68 bits per heavy atom. The molecule has 0 fully saturated rings. The fourth-order valence-corrected chi connectivity index (χ4v) is 3.08. The van der Waals surface area contributed by atoms with Crippen LogP contribution in [0.3, 0.4) is 0 Å². The number of carbonyl (C=O) groups is 2. The molecule has 1 aromatic rings. The number of ether oxygens (including phenoxy) is 2. The molecule has 0 aliphatic carbocycles. The third-order valence-corrected chi connectivity index (χ3v) is 4.35. The summed E-state index contributed by atoms with van der Waals surface area (Å²) in [6.07, 6.45) is 0.704. The predicted octanol–water partition coefficient (Wildman–Crippen LogP) is 2.59. The van der Waals surface area contributed by atoms with Crippen LogP contribution in [0, 0.1) is 5.92 Å². The van der Waals surface area contributed by atoms with E-state index in [-0.39, 0.29) is 0 Å². The monoisotopic (exact) mass is 387 g/mol. The lowest BCUT2D eigenvalue weighted by Crippen LogP contribution is -2.47. The highest BCUT2D eigenvalue weighted by Gasteiger charge is 2.35. The molecule has 8 heteroatoms. The first-order chi connectivity index (χ1) is 13.2. The highest BCUT2D eigenvalue weighted by Crippen LogP contribution is 2.29. The molecule has 0 aromatic heterocycles. The van der Waals surface area contributed by atoms with Crippen LogP contribution in [0.4, 0.5) is 4.79 Å². The van der Waals surface area contributed by atoms with Gasteiger partial charge in [0.15, 0.2) is 0 Å². The minimum absolute atomic E-state index is 0.302. The normalized spacial score (nSPS) is 22.4. The number of allylic oxidation sites excluding steroid dienone is 1. The van der Waals surface area contributed by atoms with Crippen LogP contribution in [0.5, 0.6) is 0 Å². The second-order valence-corrected chi connectivity index (χ2v) is 7.78. The van der Waals surface area contributed by atoms with Gasteiger partial charge in [-0.2, -0.15) is 0 Å². The van der Waals surface area contributed by atoms with Gasteiger partial charge in [0.25, 0.3) is 0 Å². The summed E-state index contributed by atoms with van der Waals surface area (Å²) in [6, 6.07) is 9.00. The molecule has 3 N–H and O–H groups in total. The molecule has 8 nitrogen and oxygen atoms in total. The zero-order valence-electron chi connectivity index (χ0n) is 16.1. The van der Waals surface area contributed by atoms with Gasteiger partial charge in [-0.15, -0.1) is 0 Å². The SMILES string of the molecule is CC(C)(C)OC(=O)N[C@H](c1ccccc1)[C@@H]1CNC2=C(N=CC(C(=O)O)C2)O1. The summed E-state index contributed by atoms with van der Waals surface area (Å²) in [5, 5.41) is 15.3. The van der Waals surface area contributed by atoms with E-state index in [1.54, 1.807) is 20.8 Å². The number of carboxylic acids is 1. The van der Waals surface area contributed by atoms with Gasteiger partial charge in [0.05, 0.1) is 24.2 Å². The van der Waals surface area contributed by atoms with E-state index in [1.807, 2.05) is 30.3 Å². The molecule has 1 aromatic carbocycles. The zero-order chi connectivity index (χ0) is 20.3. The maximum absolute atomic E-state index is 12.4. The number of hydrogen-bond donors (Lipinski definition) is 3. The van der Waals surface area contributed by atoms with Crippen LogP contribution in [0.1, 0.15) is 38.8 Å². The number of alkyl carbamates (subject to hydrolysis) is 1. The standard InChI is InChI=1S/C20H25N3O5/c1-20(2,3)28-19(26)23-16(12-7-5-4-6-8-12)15-11-21-14-9-13(18(24)25)10-22-17(14)27-15/h4-8,10,13,15-16,21H,9,11H2,1-3H3,(H,23,26)(H,24,25)/t13?,15-,16+/m0/s1. The molecule has 2 heterocycles. The average Bonchev–Trinajstić information content (AvgIpc) is 2.64. The van der Waals surface area contributed by atoms with Crippen molar-refractivity contribution in [1.29, 1.82) is 0 Å². The maximum atomic E-state index is 12.4. The average molecular weight is 387 g/mol. The third-order valence-electron chi connectivity index (χ3n) is 4.35. The lowest BCUT2D eigenvalue weighted by atomic mass is 9.98. The third kappa shape index (κ3) is 4.82. The molecule has 2 aliphatic heterocycles. The molecule has 28 heavy (non-hydrogen) atoms. The van der Waals surface area contributed by atoms with E-state index in [0.29, 0.717) is 24.5 Å². The molecular formula is C20H25N3O5. The Balaban J connectivity index is 1.78. The fraction of sp³-hybridized carbons (Fsp3) is 0.450. The summed E-state index contributed by atoms with van der Waals surface area (Å²) in [5.74, 6) is -1.23. The van der Waals surface area contributed by atoms with E-state index < -0.39 is 35.7 Å². The van der Waals surface area contributed by atoms with E-state index >= 15 is 0 Å². The topological polar surface area (TPSA) is 109 Å². The van der Waals surface area contributed by atoms with Crippen LogP contribution >= 0.6 is 0 Å². The summed E-state index contributed by atoms with van der Waals surface area (Å²) in [7, 11) is 0. The Morgan fingerprint density at radius 1 is 1.32 bits per heavy atom. The number of benzene rings is 1. The van der Waals surface area contributed by atoms with E-state index in [1.165, 1.54) is 6.21 Å². The van der Waals surface area contributed by atoms with Crippen LogP contribution < -0.4 is 10.6 Å². The largest absolute Gasteiger partial charge is 0.481 e. The number of rotatable bonds is 4. The fourth-order valence-electron chi connectivity index (χ4n) is 3.08.